The van der Waals surface area contributed by atoms with E-state index in [1.165, 1.54) is 0 Å². The van der Waals surface area contributed by atoms with Gasteiger partial charge < -0.3 is 4.90 Å². The molecule has 4 rings (SSSR count). The fourth-order valence-electron chi connectivity index (χ4n) is 4.06. The predicted molar refractivity (Wildman–Crippen MR) is 94.6 cm³/mol. The first-order valence-corrected chi connectivity index (χ1v) is 8.76. The average Bonchev–Trinajstić information content (AvgIpc) is 3.11. The third-order valence-electron chi connectivity index (χ3n) is 5.37. The van der Waals surface area contributed by atoms with Crippen LogP contribution in [0.1, 0.15) is 32.2 Å². The molecule has 1 aromatic heterocycles. The van der Waals surface area contributed by atoms with Crippen molar-refractivity contribution >= 4 is 28.5 Å². The van der Waals surface area contributed by atoms with Crippen molar-refractivity contribution in [2.45, 2.75) is 32.2 Å². The van der Waals surface area contributed by atoms with Crippen molar-refractivity contribution in [3.8, 4) is 0 Å². The molecule has 0 saturated carbocycles. The van der Waals surface area contributed by atoms with Crippen LogP contribution in [0.3, 0.4) is 0 Å². The molecule has 2 aliphatic heterocycles. The molecule has 0 bridgehead atoms. The lowest BCUT2D eigenvalue weighted by Crippen LogP contribution is -2.44. The van der Waals surface area contributed by atoms with Crippen LogP contribution in [-0.4, -0.2) is 34.0 Å². The molecule has 0 aliphatic carbocycles. The molecule has 2 atom stereocenters. The number of aryl methyl sites for hydroxylation is 1. The number of amides is 2. The predicted octanol–water partition coefficient (Wildman–Crippen LogP) is 1.16. The molecule has 2 aromatic rings. The van der Waals surface area contributed by atoms with Crippen LogP contribution in [0.25, 0.3) is 11.0 Å². The van der Waals surface area contributed by atoms with Gasteiger partial charge in [-0.25, -0.2) is 4.79 Å². The molecular formula is C18H22N4O3. The topological polar surface area (TPSA) is 76.3 Å². The summed E-state index contributed by atoms with van der Waals surface area (Å²) in [5.74, 6) is -0.0446. The van der Waals surface area contributed by atoms with E-state index in [-0.39, 0.29) is 18.0 Å². The van der Waals surface area contributed by atoms with Crippen molar-refractivity contribution in [1.29, 1.82) is 0 Å². The van der Waals surface area contributed by atoms with E-state index in [1.54, 1.807) is 16.2 Å². The highest BCUT2D eigenvalue weighted by atomic mass is 16.2. The number of nitrogens with one attached hydrogen (secondary N) is 1. The van der Waals surface area contributed by atoms with Crippen LogP contribution in [0.15, 0.2) is 23.0 Å². The lowest BCUT2D eigenvalue weighted by Gasteiger charge is -2.22. The highest BCUT2D eigenvalue weighted by molar-refractivity contribution is 6.00. The number of imidazole rings is 1. The highest BCUT2D eigenvalue weighted by Crippen LogP contribution is 2.32. The number of anilines is 1. The minimum Gasteiger partial charge on any atom is -0.370 e. The number of imide groups is 1. The van der Waals surface area contributed by atoms with Crippen LogP contribution in [-0.2, 0) is 16.6 Å². The summed E-state index contributed by atoms with van der Waals surface area (Å²) in [6.07, 6.45) is 1.75. The van der Waals surface area contributed by atoms with E-state index in [9.17, 15) is 14.4 Å². The number of benzene rings is 1. The van der Waals surface area contributed by atoms with Gasteiger partial charge in [0.05, 0.1) is 16.7 Å². The number of fused-ring (bicyclic) bond motifs is 1. The van der Waals surface area contributed by atoms with E-state index in [4.69, 9.17) is 0 Å². The van der Waals surface area contributed by atoms with Crippen molar-refractivity contribution in [2.24, 2.45) is 13.0 Å². The highest BCUT2D eigenvalue weighted by Gasteiger charge is 2.32. The van der Waals surface area contributed by atoms with Crippen molar-refractivity contribution in [3.63, 3.8) is 0 Å². The summed E-state index contributed by atoms with van der Waals surface area (Å²) in [6.45, 7) is 4.17. The molecule has 1 aromatic carbocycles. The molecule has 2 amide bonds. The Bertz CT molecular complexity index is 926. The maximum atomic E-state index is 12.9. The van der Waals surface area contributed by atoms with Gasteiger partial charge in [0.2, 0.25) is 11.8 Å². The molecular weight excluding hydrogens is 320 g/mol. The monoisotopic (exact) mass is 342 g/mol. The lowest BCUT2D eigenvalue weighted by atomic mass is 10.1. The Morgan fingerprint density at radius 1 is 1.16 bits per heavy atom. The zero-order chi connectivity index (χ0) is 17.7. The minimum absolute atomic E-state index is 0.218. The Balaban J connectivity index is 1.87. The zero-order valence-electron chi connectivity index (χ0n) is 14.5. The number of carbonyl (C=O) groups is 2. The molecule has 2 aliphatic rings. The van der Waals surface area contributed by atoms with Gasteiger partial charge in [-0.15, -0.1) is 0 Å². The quantitative estimate of drug-likeness (QED) is 0.831. The molecule has 0 spiro atoms. The molecule has 1 unspecified atom stereocenters. The molecule has 25 heavy (non-hydrogen) atoms. The number of hydrogen-bond donors (Lipinski definition) is 1. The first-order chi connectivity index (χ1) is 12.0. The Kier molecular flexibility index (Phi) is 3.67. The summed E-state index contributed by atoms with van der Waals surface area (Å²) < 4.78 is 3.16. The summed E-state index contributed by atoms with van der Waals surface area (Å²) in [7, 11) is 1.75. The van der Waals surface area contributed by atoms with Gasteiger partial charge in [-0.05, 0) is 30.9 Å². The normalized spacial score (nSPS) is 24.2. The Hall–Kier alpha value is -2.57. The van der Waals surface area contributed by atoms with Crippen LogP contribution in [0.4, 0.5) is 5.69 Å². The second kappa shape index (κ2) is 5.75. The van der Waals surface area contributed by atoms with Gasteiger partial charge in [0.25, 0.3) is 0 Å². The summed E-state index contributed by atoms with van der Waals surface area (Å²) in [5.41, 5.74) is 2.42. The van der Waals surface area contributed by atoms with Gasteiger partial charge >= 0.3 is 5.69 Å². The smallest absolute Gasteiger partial charge is 0.329 e. The number of para-hydroxylation sites is 1. The second-order valence-electron chi connectivity index (χ2n) is 7.16. The number of nitrogens with zero attached hydrogens (tertiary/aromatic N) is 3. The first kappa shape index (κ1) is 15.9. The number of carbonyl (C=O) groups excluding carboxylic acids is 2. The molecule has 2 fully saturated rings. The van der Waals surface area contributed by atoms with E-state index in [1.807, 2.05) is 18.2 Å². The maximum Gasteiger partial charge on any atom is 0.329 e. The first-order valence-electron chi connectivity index (χ1n) is 8.76. The third-order valence-corrected chi connectivity index (χ3v) is 5.37. The molecule has 0 radical (unpaired) electrons. The Labute approximate surface area is 145 Å². The van der Waals surface area contributed by atoms with Crippen molar-refractivity contribution in [2.75, 3.05) is 18.0 Å². The van der Waals surface area contributed by atoms with E-state index in [2.05, 4.69) is 17.1 Å². The average molecular weight is 342 g/mol. The number of piperidine rings is 1. The SMILES string of the molecule is C[C@@H]1CCN(c2cccc3c2n(C)c(=O)n3C2CCC(=O)NC2=O)C1. The van der Waals surface area contributed by atoms with Crippen LogP contribution < -0.4 is 15.9 Å². The molecule has 1 N–H and O–H groups in total. The van der Waals surface area contributed by atoms with E-state index >= 15 is 0 Å². The molecule has 7 heteroatoms. The Morgan fingerprint density at radius 2 is 1.96 bits per heavy atom. The van der Waals surface area contributed by atoms with Gasteiger partial charge in [0.15, 0.2) is 0 Å². The molecule has 2 saturated heterocycles. The summed E-state index contributed by atoms with van der Waals surface area (Å²) >= 11 is 0. The summed E-state index contributed by atoms with van der Waals surface area (Å²) in [6, 6.07) is 5.21. The van der Waals surface area contributed by atoms with Crippen molar-refractivity contribution in [1.82, 2.24) is 14.5 Å². The summed E-state index contributed by atoms with van der Waals surface area (Å²) in [5, 5.41) is 2.35. The van der Waals surface area contributed by atoms with Gasteiger partial charge in [-0.2, -0.15) is 0 Å². The maximum absolute atomic E-state index is 12.9. The zero-order valence-corrected chi connectivity index (χ0v) is 14.5. The Morgan fingerprint density at radius 3 is 2.64 bits per heavy atom. The van der Waals surface area contributed by atoms with Crippen molar-refractivity contribution in [3.05, 3.63) is 28.7 Å². The van der Waals surface area contributed by atoms with Crippen LogP contribution >= 0.6 is 0 Å². The fraction of sp³-hybridized carbons (Fsp3) is 0.500. The van der Waals surface area contributed by atoms with E-state index < -0.39 is 11.9 Å². The van der Waals surface area contributed by atoms with Gasteiger partial charge in [-0.1, -0.05) is 13.0 Å². The van der Waals surface area contributed by atoms with E-state index in [0.717, 1.165) is 36.2 Å². The van der Waals surface area contributed by atoms with Crippen LogP contribution in [0.2, 0.25) is 0 Å². The van der Waals surface area contributed by atoms with Gasteiger partial charge in [-0.3, -0.25) is 24.0 Å². The van der Waals surface area contributed by atoms with E-state index in [0.29, 0.717) is 12.3 Å². The van der Waals surface area contributed by atoms with Crippen molar-refractivity contribution < 1.29 is 9.59 Å². The number of aromatic nitrogens is 2. The lowest BCUT2D eigenvalue weighted by molar-refractivity contribution is -0.135. The van der Waals surface area contributed by atoms with Gasteiger partial charge in [0.1, 0.15) is 6.04 Å². The number of hydrogen-bond acceptors (Lipinski definition) is 4. The molecule has 7 nitrogen and oxygen atoms in total. The number of rotatable bonds is 2. The molecule has 3 heterocycles. The van der Waals surface area contributed by atoms with Crippen LogP contribution in [0, 0.1) is 5.92 Å². The molecule has 132 valence electrons. The van der Waals surface area contributed by atoms with Crippen LogP contribution in [0.5, 0.6) is 0 Å². The van der Waals surface area contributed by atoms with Gasteiger partial charge in [0, 0.05) is 26.6 Å². The largest absolute Gasteiger partial charge is 0.370 e. The summed E-state index contributed by atoms with van der Waals surface area (Å²) in [4.78, 5) is 38.9. The fourth-order valence-corrected chi connectivity index (χ4v) is 4.06. The minimum atomic E-state index is -0.637. The third kappa shape index (κ3) is 2.45. The second-order valence-corrected chi connectivity index (χ2v) is 7.16. The standard InChI is InChI=1S/C18H22N4O3/c1-11-8-9-21(10-11)12-4-3-5-13-16(12)20(2)18(25)22(13)14-6-7-15(23)19-17(14)24/h3-5,11,14H,6-10H2,1-2H3,(H,19,23,24)/t11-,14?/m1/s1.